The van der Waals surface area contributed by atoms with E-state index in [9.17, 15) is 0 Å². The Labute approximate surface area is 119 Å². The summed E-state index contributed by atoms with van der Waals surface area (Å²) in [6, 6.07) is 0. The van der Waals surface area contributed by atoms with Gasteiger partial charge < -0.3 is 0 Å². The molecule has 0 spiro atoms. The van der Waals surface area contributed by atoms with E-state index in [1.54, 1.807) is 12.4 Å². The first-order valence-electron chi connectivity index (χ1n) is 7.62. The molecule has 0 aliphatic carbocycles. The summed E-state index contributed by atoms with van der Waals surface area (Å²) in [5, 5.41) is 0. The average Bonchev–Trinajstić information content (AvgIpc) is 2.43. The van der Waals surface area contributed by atoms with E-state index in [0.717, 1.165) is 5.71 Å². The Kier molecular flexibility index (Phi) is 12.4. The highest BCUT2D eigenvalue weighted by Crippen LogP contribution is 2.19. The van der Waals surface area contributed by atoms with Crippen molar-refractivity contribution >= 4 is 11.9 Å². The van der Waals surface area contributed by atoms with E-state index in [-0.39, 0.29) is 0 Å². The first kappa shape index (κ1) is 17.8. The monoisotopic (exact) mass is 262 g/mol. The molecule has 0 heterocycles. The van der Waals surface area contributed by atoms with E-state index < -0.39 is 0 Å². The van der Waals surface area contributed by atoms with E-state index in [2.05, 4.69) is 37.0 Å². The molecule has 2 nitrogen and oxygen atoms in total. The lowest BCUT2D eigenvalue weighted by molar-refractivity contribution is 0.509. The molecule has 0 rings (SSSR count). The molecule has 1 unspecified atom stereocenters. The Balaban J connectivity index is 4.56. The van der Waals surface area contributed by atoms with Crippen LogP contribution in [0.2, 0.25) is 0 Å². The van der Waals surface area contributed by atoms with Crippen molar-refractivity contribution in [2.45, 2.75) is 65.2 Å². The minimum atomic E-state index is 0.513. The van der Waals surface area contributed by atoms with Crippen molar-refractivity contribution in [1.82, 2.24) is 0 Å². The molecule has 0 saturated carbocycles. The Bertz CT molecular complexity index is 290. The molecule has 108 valence electrons. The lowest BCUT2D eigenvalue weighted by Crippen LogP contribution is -2.16. The van der Waals surface area contributed by atoms with E-state index in [4.69, 9.17) is 0 Å². The summed E-state index contributed by atoms with van der Waals surface area (Å²) < 4.78 is 0. The van der Waals surface area contributed by atoms with Gasteiger partial charge in [0.05, 0.1) is 5.71 Å². The van der Waals surface area contributed by atoms with Gasteiger partial charge in [-0.15, -0.1) is 0 Å². The van der Waals surface area contributed by atoms with Gasteiger partial charge in [0.15, 0.2) is 0 Å². The van der Waals surface area contributed by atoms with Crippen molar-refractivity contribution < 1.29 is 0 Å². The number of nitrogens with zero attached hydrogens (tertiary/aromatic N) is 2. The number of rotatable bonds is 12. The molecule has 1 atom stereocenters. The van der Waals surface area contributed by atoms with Crippen molar-refractivity contribution in [2.75, 3.05) is 0 Å². The molecule has 0 amide bonds. The lowest BCUT2D eigenvalue weighted by Gasteiger charge is -2.16. The molecule has 0 aromatic rings. The van der Waals surface area contributed by atoms with Gasteiger partial charge in [-0.25, -0.2) is 0 Å². The highest BCUT2D eigenvalue weighted by Gasteiger charge is 2.13. The van der Waals surface area contributed by atoms with Crippen molar-refractivity contribution in [3.8, 4) is 0 Å². The van der Waals surface area contributed by atoms with Gasteiger partial charge >= 0.3 is 0 Å². The normalized spacial score (nSPS) is 13.7. The van der Waals surface area contributed by atoms with E-state index >= 15 is 0 Å². The Morgan fingerprint density at radius 1 is 0.947 bits per heavy atom. The molecule has 0 radical (unpaired) electrons. The summed E-state index contributed by atoms with van der Waals surface area (Å²) >= 11 is 0. The summed E-state index contributed by atoms with van der Waals surface area (Å²) in [7, 11) is 0. The zero-order valence-electron chi connectivity index (χ0n) is 12.8. The van der Waals surface area contributed by atoms with Crippen LogP contribution in [-0.2, 0) is 0 Å². The van der Waals surface area contributed by atoms with Crippen LogP contribution in [0.5, 0.6) is 0 Å². The van der Waals surface area contributed by atoms with Crippen LogP contribution in [-0.4, -0.2) is 11.9 Å². The van der Waals surface area contributed by atoms with E-state index in [1.807, 2.05) is 6.21 Å². The molecular formula is C17H30N2. The lowest BCUT2D eigenvalue weighted by atomic mass is 9.91. The second kappa shape index (κ2) is 13.3. The summed E-state index contributed by atoms with van der Waals surface area (Å²) in [6.07, 6.45) is 15.1. The topological polar surface area (TPSA) is 24.7 Å². The molecule has 0 bridgehead atoms. The van der Waals surface area contributed by atoms with Gasteiger partial charge in [0.1, 0.15) is 0 Å². The largest absolute Gasteiger partial charge is 0.263 e. The zero-order valence-corrected chi connectivity index (χ0v) is 12.8. The van der Waals surface area contributed by atoms with Crippen molar-refractivity contribution in [3.05, 3.63) is 25.6 Å². The standard InChI is InChI=1S/C17H30N2/c1-5-9-11-12-14-16(13-10-6-2)17(19-8-4)15-18-7-3/h7-8,15-16H,3-6,9-14H2,1-2H3/b18-15-,19-17+. The maximum Gasteiger partial charge on any atom is 0.0616 e. The Morgan fingerprint density at radius 3 is 2.21 bits per heavy atom. The molecule has 19 heavy (non-hydrogen) atoms. The quantitative estimate of drug-likeness (QED) is 0.325. The maximum absolute atomic E-state index is 4.40. The number of unbranched alkanes of at least 4 members (excludes halogenated alkanes) is 4. The summed E-state index contributed by atoms with van der Waals surface area (Å²) in [6.45, 7) is 11.8. The zero-order chi connectivity index (χ0) is 14.3. The van der Waals surface area contributed by atoms with Crippen LogP contribution in [0.15, 0.2) is 35.5 Å². The predicted molar refractivity (Wildman–Crippen MR) is 88.1 cm³/mol. The fourth-order valence-electron chi connectivity index (χ4n) is 2.19. The van der Waals surface area contributed by atoms with Crippen LogP contribution < -0.4 is 0 Å². The van der Waals surface area contributed by atoms with Gasteiger partial charge in [0.2, 0.25) is 0 Å². The third-order valence-corrected chi connectivity index (χ3v) is 3.28. The average molecular weight is 262 g/mol. The minimum Gasteiger partial charge on any atom is -0.263 e. The molecule has 0 aromatic carbocycles. The third-order valence-electron chi connectivity index (χ3n) is 3.28. The molecule has 0 fully saturated rings. The fraction of sp³-hybridized carbons (Fsp3) is 0.647. The highest BCUT2D eigenvalue weighted by molar-refractivity contribution is 6.31. The second-order valence-corrected chi connectivity index (χ2v) is 4.89. The van der Waals surface area contributed by atoms with Crippen LogP contribution in [0.3, 0.4) is 0 Å². The van der Waals surface area contributed by atoms with Crippen LogP contribution in [0.25, 0.3) is 0 Å². The molecule has 0 aliphatic rings. The first-order chi connectivity index (χ1) is 9.29. The summed E-state index contributed by atoms with van der Waals surface area (Å²) in [5.41, 5.74) is 1.06. The third kappa shape index (κ3) is 9.40. The number of aliphatic imine (C=N–C) groups is 2. The summed E-state index contributed by atoms with van der Waals surface area (Å²) in [4.78, 5) is 8.52. The van der Waals surface area contributed by atoms with Crippen LogP contribution >= 0.6 is 0 Å². The minimum absolute atomic E-state index is 0.513. The van der Waals surface area contributed by atoms with E-state index in [1.165, 1.54) is 51.4 Å². The number of hydrogen-bond acceptors (Lipinski definition) is 2. The van der Waals surface area contributed by atoms with Crippen LogP contribution in [0.4, 0.5) is 0 Å². The van der Waals surface area contributed by atoms with Gasteiger partial charge in [0.25, 0.3) is 0 Å². The molecule has 0 saturated heterocycles. The molecule has 0 aliphatic heterocycles. The van der Waals surface area contributed by atoms with Gasteiger partial charge in [-0.1, -0.05) is 65.5 Å². The fourth-order valence-corrected chi connectivity index (χ4v) is 2.19. The SMILES string of the molecule is C=C/N=C\C(=N/C=C)C(CCCC)CCCCCC. The van der Waals surface area contributed by atoms with Crippen LogP contribution in [0.1, 0.15) is 65.2 Å². The van der Waals surface area contributed by atoms with Crippen LogP contribution in [0, 0.1) is 5.92 Å². The van der Waals surface area contributed by atoms with Crippen molar-refractivity contribution in [2.24, 2.45) is 15.9 Å². The highest BCUT2D eigenvalue weighted by atomic mass is 14.8. The van der Waals surface area contributed by atoms with Crippen molar-refractivity contribution in [3.63, 3.8) is 0 Å². The molecule has 0 aromatic heterocycles. The second-order valence-electron chi connectivity index (χ2n) is 4.89. The number of hydrogen-bond donors (Lipinski definition) is 0. The molecule has 0 N–H and O–H groups in total. The smallest absolute Gasteiger partial charge is 0.0616 e. The molecule has 2 heteroatoms. The predicted octanol–water partition coefficient (Wildman–Crippen LogP) is 5.56. The Hall–Kier alpha value is -1.18. The summed E-state index contributed by atoms with van der Waals surface area (Å²) in [5.74, 6) is 0.513. The molecular weight excluding hydrogens is 232 g/mol. The van der Waals surface area contributed by atoms with Crippen molar-refractivity contribution in [1.29, 1.82) is 0 Å². The van der Waals surface area contributed by atoms with Gasteiger partial charge in [-0.3, -0.25) is 9.98 Å². The van der Waals surface area contributed by atoms with Gasteiger partial charge in [-0.2, -0.15) is 0 Å². The van der Waals surface area contributed by atoms with Gasteiger partial charge in [0, 0.05) is 24.5 Å². The Morgan fingerprint density at radius 2 is 1.63 bits per heavy atom. The van der Waals surface area contributed by atoms with E-state index in [0.29, 0.717) is 5.92 Å². The van der Waals surface area contributed by atoms with Gasteiger partial charge in [-0.05, 0) is 12.8 Å². The maximum atomic E-state index is 4.40. The first-order valence-corrected chi connectivity index (χ1v) is 7.62.